The molecule has 0 radical (unpaired) electrons. The summed E-state index contributed by atoms with van der Waals surface area (Å²) >= 11 is 0. The van der Waals surface area contributed by atoms with E-state index in [0.29, 0.717) is 59.3 Å². The first-order valence-electron chi connectivity index (χ1n) is 11.8. The average Bonchev–Trinajstić information content (AvgIpc) is 3.41. The van der Waals surface area contributed by atoms with Gasteiger partial charge in [0.05, 0.1) is 30.1 Å². The second-order valence-corrected chi connectivity index (χ2v) is 8.39. The maximum absolute atomic E-state index is 12.5. The maximum Gasteiger partial charge on any atom is 0.323 e. The Kier molecular flexibility index (Phi) is 7.17. The molecule has 38 heavy (non-hydrogen) atoms. The summed E-state index contributed by atoms with van der Waals surface area (Å²) in [6.07, 6.45) is 4.96. The Morgan fingerprint density at radius 1 is 1.13 bits per heavy atom. The monoisotopic (exact) mass is 512 g/mol. The fourth-order valence-electron chi connectivity index (χ4n) is 4.07. The van der Waals surface area contributed by atoms with Crippen LogP contribution in [-0.2, 0) is 9.53 Å². The number of benzene rings is 2. The third-order valence-electron chi connectivity index (χ3n) is 5.92. The van der Waals surface area contributed by atoms with Crippen molar-refractivity contribution in [1.82, 2.24) is 20.9 Å². The van der Waals surface area contributed by atoms with Gasteiger partial charge in [0.1, 0.15) is 36.0 Å². The van der Waals surface area contributed by atoms with Gasteiger partial charge in [0.2, 0.25) is 5.78 Å². The molecule has 11 heteroatoms. The van der Waals surface area contributed by atoms with E-state index in [4.69, 9.17) is 14.2 Å². The first kappa shape index (κ1) is 24.8. The van der Waals surface area contributed by atoms with Gasteiger partial charge in [-0.3, -0.25) is 15.1 Å². The van der Waals surface area contributed by atoms with Crippen LogP contribution in [0.5, 0.6) is 17.2 Å². The first-order valence-corrected chi connectivity index (χ1v) is 11.8. The van der Waals surface area contributed by atoms with Crippen molar-refractivity contribution in [3.8, 4) is 23.3 Å². The zero-order valence-corrected chi connectivity index (χ0v) is 20.4. The van der Waals surface area contributed by atoms with Gasteiger partial charge in [0.15, 0.2) is 0 Å². The Labute approximate surface area is 218 Å². The van der Waals surface area contributed by atoms with Crippen molar-refractivity contribution in [2.45, 2.75) is 6.04 Å². The number of methoxy groups -OCH3 is 1. The fourth-order valence-corrected chi connectivity index (χ4v) is 4.07. The zero-order chi connectivity index (χ0) is 26.5. The van der Waals surface area contributed by atoms with E-state index in [1.807, 2.05) is 0 Å². The number of pyridine rings is 1. The molecule has 4 N–H and O–H groups in total. The summed E-state index contributed by atoms with van der Waals surface area (Å²) in [4.78, 5) is 29.3. The van der Waals surface area contributed by atoms with E-state index >= 15 is 0 Å². The van der Waals surface area contributed by atoms with Gasteiger partial charge in [-0.25, -0.2) is 4.79 Å². The number of hydrogen-bond acceptors (Lipinski definition) is 9. The number of ether oxygens (including phenoxy) is 3. The number of aromatic nitrogens is 1. The molecule has 2 aliphatic rings. The second-order valence-electron chi connectivity index (χ2n) is 8.39. The minimum Gasteiger partial charge on any atom is -0.490 e. The van der Waals surface area contributed by atoms with E-state index in [-0.39, 0.29) is 11.5 Å². The molecule has 192 valence electrons. The summed E-state index contributed by atoms with van der Waals surface area (Å²) in [6, 6.07) is 13.0. The minimum atomic E-state index is -0.534. The van der Waals surface area contributed by atoms with Crippen molar-refractivity contribution in [3.63, 3.8) is 0 Å². The van der Waals surface area contributed by atoms with E-state index in [9.17, 15) is 14.9 Å². The predicted molar refractivity (Wildman–Crippen MR) is 139 cm³/mol. The van der Waals surface area contributed by atoms with Crippen molar-refractivity contribution in [1.29, 1.82) is 5.26 Å². The molecule has 1 atom stereocenters. The Morgan fingerprint density at radius 2 is 1.97 bits per heavy atom. The summed E-state index contributed by atoms with van der Waals surface area (Å²) in [5, 5.41) is 21.6. The van der Waals surface area contributed by atoms with E-state index in [1.165, 1.54) is 0 Å². The number of nitriles is 1. The molecule has 2 heterocycles. The van der Waals surface area contributed by atoms with Crippen LogP contribution in [0.2, 0.25) is 0 Å². The summed E-state index contributed by atoms with van der Waals surface area (Å²) in [5.74, 6) is 1.25. The Morgan fingerprint density at radius 3 is 2.76 bits per heavy atom. The van der Waals surface area contributed by atoms with Crippen LogP contribution in [0.4, 0.5) is 10.5 Å². The number of Topliss-reactive ketones (excluding diaryl/α,β-unsaturated/α-hetero) is 1. The standard InChI is InChI=1S/C27H24N6O5/c1-36-10-11-37-24-13-22-19(12-16(24)14-28)23(8-9-29-22)38-18-4-2-17(3-5-18)32-27(35)33-21-7-6-20-25(26(21)34)31-15-30-20/h2-9,12-13,25,30-31H,10-11,15H2,1H3,(H2,32,33,35). The number of allylic oxidation sites excluding steroid dienone is 2. The van der Waals surface area contributed by atoms with Gasteiger partial charge in [0.25, 0.3) is 0 Å². The van der Waals surface area contributed by atoms with Crippen LogP contribution < -0.4 is 30.7 Å². The number of amides is 2. The molecule has 5 rings (SSSR count). The van der Waals surface area contributed by atoms with E-state index in [2.05, 4.69) is 32.3 Å². The first-order chi connectivity index (χ1) is 18.6. The van der Waals surface area contributed by atoms with Crippen LogP contribution >= 0.6 is 0 Å². The molecule has 1 aliphatic carbocycles. The highest BCUT2D eigenvalue weighted by Gasteiger charge is 2.32. The summed E-state index contributed by atoms with van der Waals surface area (Å²) < 4.78 is 16.7. The van der Waals surface area contributed by atoms with E-state index in [1.54, 1.807) is 67.9 Å². The summed E-state index contributed by atoms with van der Waals surface area (Å²) in [7, 11) is 1.58. The van der Waals surface area contributed by atoms with Crippen molar-refractivity contribution in [3.05, 3.63) is 77.8 Å². The molecular formula is C27H24N6O5. The van der Waals surface area contributed by atoms with E-state index in [0.717, 1.165) is 5.70 Å². The van der Waals surface area contributed by atoms with E-state index < -0.39 is 12.1 Å². The molecule has 0 saturated carbocycles. The van der Waals surface area contributed by atoms with Gasteiger partial charge in [0, 0.05) is 36.1 Å². The van der Waals surface area contributed by atoms with Gasteiger partial charge in [-0.05, 0) is 48.6 Å². The highest BCUT2D eigenvalue weighted by Crippen LogP contribution is 2.33. The van der Waals surface area contributed by atoms with Crippen LogP contribution in [0.15, 0.2) is 72.2 Å². The number of fused-ring (bicyclic) bond motifs is 2. The van der Waals surface area contributed by atoms with Crippen molar-refractivity contribution in [2.24, 2.45) is 0 Å². The van der Waals surface area contributed by atoms with Crippen LogP contribution in [0.25, 0.3) is 10.9 Å². The minimum absolute atomic E-state index is 0.204. The lowest BCUT2D eigenvalue weighted by molar-refractivity contribution is -0.116. The lowest BCUT2D eigenvalue weighted by Crippen LogP contribution is -2.41. The van der Waals surface area contributed by atoms with Crippen molar-refractivity contribution in [2.75, 3.05) is 32.3 Å². The Balaban J connectivity index is 1.25. The van der Waals surface area contributed by atoms with Crippen molar-refractivity contribution >= 4 is 28.4 Å². The number of ketones is 1. The number of nitrogens with zero attached hydrogens (tertiary/aromatic N) is 2. The SMILES string of the molecule is COCCOc1cc2nccc(Oc3ccc(NC(=O)NC4=CC=C5NCNC5C4=O)cc3)c2cc1C#N. The second kappa shape index (κ2) is 11.0. The quantitative estimate of drug-likeness (QED) is 0.335. The van der Waals surface area contributed by atoms with Crippen LogP contribution in [0.1, 0.15) is 5.56 Å². The normalized spacial score (nSPS) is 16.0. The number of anilines is 1. The zero-order valence-electron chi connectivity index (χ0n) is 20.4. The lowest BCUT2D eigenvalue weighted by Gasteiger charge is -2.18. The highest BCUT2D eigenvalue weighted by atomic mass is 16.5. The number of carbonyl (C=O) groups excluding carboxylic acids is 2. The molecule has 1 saturated heterocycles. The predicted octanol–water partition coefficient (Wildman–Crippen LogP) is 2.91. The Hall–Kier alpha value is -4.92. The van der Waals surface area contributed by atoms with Crippen LogP contribution in [-0.4, -0.2) is 49.8 Å². The van der Waals surface area contributed by atoms with Crippen LogP contribution in [0, 0.1) is 11.3 Å². The highest BCUT2D eigenvalue weighted by molar-refractivity contribution is 6.06. The average molecular weight is 513 g/mol. The number of nitrogens with one attached hydrogen (secondary N) is 4. The fraction of sp³-hybridized carbons (Fsp3) is 0.185. The third kappa shape index (κ3) is 5.27. The maximum atomic E-state index is 12.5. The topological polar surface area (TPSA) is 147 Å². The molecule has 11 nitrogen and oxygen atoms in total. The number of hydrogen-bond donors (Lipinski definition) is 4. The van der Waals surface area contributed by atoms with Gasteiger partial charge >= 0.3 is 6.03 Å². The molecule has 0 bridgehead atoms. The summed E-state index contributed by atoms with van der Waals surface area (Å²) in [6.45, 7) is 1.21. The number of carbonyl (C=O) groups is 2. The molecule has 0 spiro atoms. The molecule has 1 unspecified atom stereocenters. The Bertz CT molecular complexity index is 1490. The largest absolute Gasteiger partial charge is 0.490 e. The molecular weight excluding hydrogens is 488 g/mol. The molecule has 3 aromatic rings. The molecule has 2 aromatic carbocycles. The smallest absolute Gasteiger partial charge is 0.323 e. The third-order valence-corrected chi connectivity index (χ3v) is 5.92. The van der Waals surface area contributed by atoms with Gasteiger partial charge in [-0.2, -0.15) is 5.26 Å². The van der Waals surface area contributed by atoms with Gasteiger partial charge < -0.3 is 30.2 Å². The number of rotatable bonds is 8. The molecule has 1 aromatic heterocycles. The van der Waals surface area contributed by atoms with Crippen LogP contribution in [0.3, 0.4) is 0 Å². The lowest BCUT2D eigenvalue weighted by atomic mass is 10.0. The summed E-state index contributed by atoms with van der Waals surface area (Å²) in [5.41, 5.74) is 2.48. The van der Waals surface area contributed by atoms with Gasteiger partial charge in [-0.1, -0.05) is 0 Å². The number of urea groups is 1. The molecule has 1 aliphatic heterocycles. The molecule has 2 amide bonds. The van der Waals surface area contributed by atoms with Crippen molar-refractivity contribution < 1.29 is 23.8 Å². The van der Waals surface area contributed by atoms with Gasteiger partial charge in [-0.15, -0.1) is 0 Å². The molecule has 1 fully saturated rings.